The van der Waals surface area contributed by atoms with Crippen molar-refractivity contribution in [2.24, 2.45) is 0 Å². The highest BCUT2D eigenvalue weighted by atomic mass is 16.4. The number of nitrogens with zero attached hydrogens (tertiary/aromatic N) is 4. The van der Waals surface area contributed by atoms with Gasteiger partial charge in [0.05, 0.1) is 0 Å². The Morgan fingerprint density at radius 2 is 1.00 bits per heavy atom. The van der Waals surface area contributed by atoms with E-state index in [0.717, 1.165) is 11.4 Å². The van der Waals surface area contributed by atoms with E-state index in [-0.39, 0.29) is 0 Å². The highest BCUT2D eigenvalue weighted by molar-refractivity contribution is 5.51. The summed E-state index contributed by atoms with van der Waals surface area (Å²) in [5.74, 6) is 0.999. The molecule has 4 aromatic rings. The van der Waals surface area contributed by atoms with Gasteiger partial charge in [-0.1, -0.05) is 46.6 Å². The third-order valence-electron chi connectivity index (χ3n) is 3.54. The number of rotatable bonds is 7. The van der Waals surface area contributed by atoms with Gasteiger partial charge in [0.25, 0.3) is 0 Å². The first-order chi connectivity index (χ1) is 12.8. The summed E-state index contributed by atoms with van der Waals surface area (Å²) in [5.41, 5.74) is 1.77. The predicted octanol–water partition coefficient (Wildman–Crippen LogP) is 3.73. The van der Waals surface area contributed by atoms with E-state index in [9.17, 15) is 0 Å². The van der Waals surface area contributed by atoms with E-state index in [2.05, 4.69) is 31.0 Å². The lowest BCUT2D eigenvalue weighted by molar-refractivity contribution is 0.470. The van der Waals surface area contributed by atoms with Crippen LogP contribution in [-0.4, -0.2) is 20.4 Å². The van der Waals surface area contributed by atoms with Crippen molar-refractivity contribution in [1.29, 1.82) is 0 Å². The van der Waals surface area contributed by atoms with Crippen molar-refractivity contribution in [3.05, 3.63) is 72.4 Å². The molecule has 26 heavy (non-hydrogen) atoms. The Bertz CT molecular complexity index is 872. The predicted molar refractivity (Wildman–Crippen MR) is 95.5 cm³/mol. The van der Waals surface area contributed by atoms with Crippen molar-refractivity contribution in [2.45, 2.75) is 12.8 Å². The van der Waals surface area contributed by atoms with Crippen molar-refractivity contribution < 1.29 is 8.83 Å². The quantitative estimate of drug-likeness (QED) is 0.521. The van der Waals surface area contributed by atoms with E-state index >= 15 is 0 Å². The molecule has 0 bridgehead atoms. The van der Waals surface area contributed by atoms with Crippen LogP contribution < -0.4 is 10.6 Å². The van der Waals surface area contributed by atoms with E-state index < -0.39 is 0 Å². The molecule has 2 N–H and O–H groups in total. The second-order valence-corrected chi connectivity index (χ2v) is 5.48. The van der Waals surface area contributed by atoms with Crippen molar-refractivity contribution in [3.8, 4) is 0 Å². The molecule has 0 aliphatic rings. The fraction of sp³-hybridized carbons (Fsp3) is 0.111. The van der Waals surface area contributed by atoms with Crippen molar-refractivity contribution in [1.82, 2.24) is 20.4 Å². The van der Waals surface area contributed by atoms with Crippen molar-refractivity contribution >= 4 is 23.4 Å². The van der Waals surface area contributed by atoms with Crippen LogP contribution in [0.25, 0.3) is 0 Å². The van der Waals surface area contributed by atoms with E-state index in [0.29, 0.717) is 36.7 Å². The Hall–Kier alpha value is -3.68. The molecule has 2 heterocycles. The maximum atomic E-state index is 5.57. The fourth-order valence-corrected chi connectivity index (χ4v) is 2.31. The summed E-state index contributed by atoms with van der Waals surface area (Å²) < 4.78 is 11.1. The van der Waals surface area contributed by atoms with E-state index in [1.165, 1.54) is 0 Å². The van der Waals surface area contributed by atoms with E-state index in [1.807, 2.05) is 60.7 Å². The van der Waals surface area contributed by atoms with Gasteiger partial charge in [0.15, 0.2) is 0 Å². The minimum Gasteiger partial charge on any atom is -0.408 e. The van der Waals surface area contributed by atoms with Crippen LogP contribution in [0.5, 0.6) is 0 Å². The molecule has 0 spiro atoms. The molecule has 2 aromatic carbocycles. The lowest BCUT2D eigenvalue weighted by atomic mass is 10.3. The largest absolute Gasteiger partial charge is 0.408 e. The molecule has 2 aromatic heterocycles. The standard InChI is InChI=1S/C18H16N6O2/c1-3-7-13(8-4-1)19-17-23-21-15(25-17)11-12-16-22-24-18(26-16)20-14-9-5-2-6-10-14/h1-10H,11-12H2,(H,19,23)(H,20,24). The first kappa shape index (κ1) is 15.8. The normalized spacial score (nSPS) is 10.6. The zero-order valence-electron chi connectivity index (χ0n) is 13.8. The molecule has 4 rings (SSSR count). The molecule has 0 radical (unpaired) electrons. The van der Waals surface area contributed by atoms with Gasteiger partial charge in [-0.3, -0.25) is 0 Å². The number of benzene rings is 2. The maximum Gasteiger partial charge on any atom is 0.320 e. The third-order valence-corrected chi connectivity index (χ3v) is 3.54. The number of anilines is 4. The Balaban J connectivity index is 1.32. The van der Waals surface area contributed by atoms with Gasteiger partial charge in [0.1, 0.15) is 0 Å². The number of hydrogen-bond donors (Lipinski definition) is 2. The number of hydrogen-bond acceptors (Lipinski definition) is 8. The van der Waals surface area contributed by atoms with Gasteiger partial charge < -0.3 is 19.5 Å². The van der Waals surface area contributed by atoms with Crippen molar-refractivity contribution in [2.75, 3.05) is 10.6 Å². The van der Waals surface area contributed by atoms with Gasteiger partial charge in [-0.15, -0.1) is 10.2 Å². The average Bonchev–Trinajstić information content (AvgIpc) is 3.31. The summed E-state index contributed by atoms with van der Waals surface area (Å²) in [6.45, 7) is 0. The highest BCUT2D eigenvalue weighted by Gasteiger charge is 2.10. The number of para-hydroxylation sites is 2. The van der Waals surface area contributed by atoms with Crippen LogP contribution in [-0.2, 0) is 12.8 Å². The molecule has 0 atom stereocenters. The van der Waals surface area contributed by atoms with Gasteiger partial charge in [-0.25, -0.2) is 0 Å². The van der Waals surface area contributed by atoms with Gasteiger partial charge in [0.2, 0.25) is 11.8 Å². The van der Waals surface area contributed by atoms with Crippen molar-refractivity contribution in [3.63, 3.8) is 0 Å². The Kier molecular flexibility index (Phi) is 4.55. The van der Waals surface area contributed by atoms with Crippen LogP contribution in [0.2, 0.25) is 0 Å². The monoisotopic (exact) mass is 348 g/mol. The van der Waals surface area contributed by atoms with Crippen LogP contribution in [0, 0.1) is 0 Å². The third kappa shape index (κ3) is 4.04. The minimum atomic E-state index is 0.350. The lowest BCUT2D eigenvalue weighted by Crippen LogP contribution is -1.92. The maximum absolute atomic E-state index is 5.57. The molecule has 0 unspecified atom stereocenters. The summed E-state index contributed by atoms with van der Waals surface area (Å²) in [5, 5.41) is 22.1. The first-order valence-electron chi connectivity index (χ1n) is 8.14. The molecule has 0 aliphatic heterocycles. The average molecular weight is 348 g/mol. The van der Waals surface area contributed by atoms with Crippen LogP contribution in [0.15, 0.2) is 69.5 Å². The van der Waals surface area contributed by atoms with Gasteiger partial charge in [-0.05, 0) is 24.3 Å². The van der Waals surface area contributed by atoms with Crippen LogP contribution in [0.3, 0.4) is 0 Å². The second kappa shape index (κ2) is 7.47. The molecule has 8 heteroatoms. The fourth-order valence-electron chi connectivity index (χ4n) is 2.31. The summed E-state index contributed by atoms with van der Waals surface area (Å²) in [6.07, 6.45) is 1.02. The van der Waals surface area contributed by atoms with Crippen LogP contribution in [0.4, 0.5) is 23.4 Å². The first-order valence-corrected chi connectivity index (χ1v) is 8.14. The summed E-state index contributed by atoms with van der Waals surface area (Å²) in [4.78, 5) is 0. The number of aromatic nitrogens is 4. The van der Waals surface area contributed by atoms with E-state index in [4.69, 9.17) is 8.83 Å². The van der Waals surface area contributed by atoms with Gasteiger partial charge in [-0.2, -0.15) is 0 Å². The molecule has 8 nitrogen and oxygen atoms in total. The smallest absolute Gasteiger partial charge is 0.320 e. The summed E-state index contributed by atoms with van der Waals surface area (Å²) in [7, 11) is 0. The summed E-state index contributed by atoms with van der Waals surface area (Å²) in [6, 6.07) is 20.0. The summed E-state index contributed by atoms with van der Waals surface area (Å²) >= 11 is 0. The molecule has 0 aliphatic carbocycles. The molecular formula is C18H16N6O2. The second-order valence-electron chi connectivity index (χ2n) is 5.48. The molecule has 0 fully saturated rings. The number of aryl methyl sites for hydroxylation is 2. The lowest BCUT2D eigenvalue weighted by Gasteiger charge is -1.99. The molecule has 0 amide bonds. The molecule has 130 valence electrons. The molecule has 0 saturated heterocycles. The molecule has 0 saturated carbocycles. The zero-order chi connectivity index (χ0) is 17.6. The van der Waals surface area contributed by atoms with Crippen LogP contribution in [0.1, 0.15) is 11.8 Å². The van der Waals surface area contributed by atoms with Crippen LogP contribution >= 0.6 is 0 Å². The zero-order valence-corrected chi connectivity index (χ0v) is 13.8. The highest BCUT2D eigenvalue weighted by Crippen LogP contribution is 2.17. The Morgan fingerprint density at radius 3 is 1.42 bits per heavy atom. The number of nitrogens with one attached hydrogen (secondary N) is 2. The minimum absolute atomic E-state index is 0.350. The topological polar surface area (TPSA) is 102 Å². The SMILES string of the molecule is c1ccc(Nc2nnc(CCc3nnc(Nc4ccccc4)o3)o2)cc1. The molecular weight excluding hydrogens is 332 g/mol. The van der Waals surface area contributed by atoms with Gasteiger partial charge in [0, 0.05) is 24.2 Å². The van der Waals surface area contributed by atoms with E-state index in [1.54, 1.807) is 0 Å². The Morgan fingerprint density at radius 1 is 0.577 bits per heavy atom. The van der Waals surface area contributed by atoms with Gasteiger partial charge >= 0.3 is 12.0 Å². The Labute approximate surface area is 149 Å².